The van der Waals surface area contributed by atoms with E-state index >= 15 is 0 Å². The van der Waals surface area contributed by atoms with Crippen molar-refractivity contribution in [3.05, 3.63) is 35.1 Å². The maximum absolute atomic E-state index is 13.7. The van der Waals surface area contributed by atoms with E-state index in [1.165, 1.54) is 6.07 Å². The molecule has 112 valence electrons. The summed E-state index contributed by atoms with van der Waals surface area (Å²) in [6, 6.07) is 5.22. The van der Waals surface area contributed by atoms with E-state index in [1.54, 1.807) is 13.1 Å². The van der Waals surface area contributed by atoms with Crippen molar-refractivity contribution in [3.8, 4) is 0 Å². The average Bonchev–Trinajstić information content (AvgIpc) is 2.42. The van der Waals surface area contributed by atoms with Crippen molar-refractivity contribution in [2.24, 2.45) is 4.99 Å². The van der Waals surface area contributed by atoms with Crippen LogP contribution < -0.4 is 10.6 Å². The maximum atomic E-state index is 13.7. The summed E-state index contributed by atoms with van der Waals surface area (Å²) in [7, 11) is 5.61. The van der Waals surface area contributed by atoms with E-state index in [0.29, 0.717) is 18.7 Å². The Morgan fingerprint density at radius 2 is 2.05 bits per heavy atom. The number of nitrogens with zero attached hydrogens (tertiary/aromatic N) is 2. The van der Waals surface area contributed by atoms with Crippen molar-refractivity contribution in [3.63, 3.8) is 0 Å². The van der Waals surface area contributed by atoms with Crippen LogP contribution in [0.4, 0.5) is 4.39 Å². The molecule has 0 amide bonds. The molecule has 20 heavy (non-hydrogen) atoms. The van der Waals surface area contributed by atoms with Gasteiger partial charge in [0.2, 0.25) is 0 Å². The number of halogens is 1. The molecule has 0 bridgehead atoms. The Hall–Kier alpha value is -1.62. The number of hydrogen-bond acceptors (Lipinski definition) is 2. The van der Waals surface area contributed by atoms with Crippen molar-refractivity contribution in [2.75, 3.05) is 27.7 Å². The molecular weight excluding hydrogens is 255 g/mol. The van der Waals surface area contributed by atoms with Gasteiger partial charge in [0.15, 0.2) is 5.96 Å². The fourth-order valence-corrected chi connectivity index (χ4v) is 1.85. The van der Waals surface area contributed by atoms with Gasteiger partial charge in [0.25, 0.3) is 0 Å². The second kappa shape index (κ2) is 8.53. The zero-order chi connectivity index (χ0) is 15.0. The number of guanidine groups is 1. The molecule has 0 aromatic heterocycles. The largest absolute Gasteiger partial charge is 0.356 e. The third kappa shape index (κ3) is 5.57. The Bertz CT molecular complexity index is 443. The summed E-state index contributed by atoms with van der Waals surface area (Å²) < 4.78 is 13.7. The fraction of sp³-hybridized carbons (Fsp3) is 0.533. The Morgan fingerprint density at radius 1 is 1.30 bits per heavy atom. The van der Waals surface area contributed by atoms with Crippen LogP contribution in [-0.4, -0.2) is 38.5 Å². The maximum Gasteiger partial charge on any atom is 0.191 e. The van der Waals surface area contributed by atoms with Crippen LogP contribution in [0.15, 0.2) is 23.2 Å². The Kier molecular flexibility index (Phi) is 7.01. The molecule has 0 saturated heterocycles. The molecule has 2 N–H and O–H groups in total. The lowest BCUT2D eigenvalue weighted by Gasteiger charge is -2.14. The first kappa shape index (κ1) is 16.4. The summed E-state index contributed by atoms with van der Waals surface area (Å²) in [4.78, 5) is 6.10. The second-order valence-corrected chi connectivity index (χ2v) is 5.02. The molecule has 0 aliphatic heterocycles. The lowest BCUT2D eigenvalue weighted by molar-refractivity contribution is 0.392. The monoisotopic (exact) mass is 280 g/mol. The molecule has 0 atom stereocenters. The third-order valence-electron chi connectivity index (χ3n) is 2.82. The van der Waals surface area contributed by atoms with Crippen LogP contribution >= 0.6 is 0 Å². The van der Waals surface area contributed by atoms with Gasteiger partial charge >= 0.3 is 0 Å². The quantitative estimate of drug-likeness (QED) is 0.618. The lowest BCUT2D eigenvalue weighted by Crippen LogP contribution is -2.37. The van der Waals surface area contributed by atoms with E-state index in [-0.39, 0.29) is 5.82 Å². The highest BCUT2D eigenvalue weighted by Crippen LogP contribution is 2.12. The van der Waals surface area contributed by atoms with E-state index in [2.05, 4.69) is 22.5 Å². The van der Waals surface area contributed by atoms with Crippen LogP contribution in [0, 0.1) is 5.82 Å². The van der Waals surface area contributed by atoms with Gasteiger partial charge in [-0.25, -0.2) is 4.39 Å². The van der Waals surface area contributed by atoms with Crippen LogP contribution in [0.25, 0.3) is 0 Å². The molecule has 0 saturated carbocycles. The molecule has 1 aromatic carbocycles. The summed E-state index contributed by atoms with van der Waals surface area (Å²) in [5.74, 6) is 0.612. The Balaban J connectivity index is 2.63. The van der Waals surface area contributed by atoms with Crippen LogP contribution in [-0.2, 0) is 13.1 Å². The molecule has 0 spiro atoms. The Morgan fingerprint density at radius 3 is 2.65 bits per heavy atom. The van der Waals surface area contributed by atoms with Crippen LogP contribution in [0.2, 0.25) is 0 Å². The third-order valence-corrected chi connectivity index (χ3v) is 2.82. The first-order chi connectivity index (χ1) is 9.56. The molecule has 0 aliphatic rings. The summed E-state index contributed by atoms with van der Waals surface area (Å²) in [5, 5.41) is 6.43. The molecule has 0 radical (unpaired) electrons. The molecule has 4 nitrogen and oxygen atoms in total. The molecule has 5 heteroatoms. The fourth-order valence-electron chi connectivity index (χ4n) is 1.85. The molecule has 1 aromatic rings. The van der Waals surface area contributed by atoms with Gasteiger partial charge in [0.05, 0.1) is 0 Å². The summed E-state index contributed by atoms with van der Waals surface area (Å²) in [6.45, 7) is 4.22. The second-order valence-electron chi connectivity index (χ2n) is 5.02. The summed E-state index contributed by atoms with van der Waals surface area (Å²) in [5.41, 5.74) is 1.76. The van der Waals surface area contributed by atoms with E-state index in [0.717, 1.165) is 24.5 Å². The van der Waals surface area contributed by atoms with Gasteiger partial charge in [0, 0.05) is 32.2 Å². The summed E-state index contributed by atoms with van der Waals surface area (Å²) >= 11 is 0. The van der Waals surface area contributed by atoms with Crippen molar-refractivity contribution in [1.82, 2.24) is 15.5 Å². The smallest absolute Gasteiger partial charge is 0.191 e. The minimum absolute atomic E-state index is 0.157. The van der Waals surface area contributed by atoms with E-state index < -0.39 is 0 Å². The molecular formula is C15H25FN4. The lowest BCUT2D eigenvalue weighted by atomic mass is 10.1. The standard InChI is InChI=1S/C15H25FN4/c1-5-8-18-15(17-2)19-10-12-6-7-14(16)13(9-12)11-20(3)4/h6-7,9H,5,8,10-11H2,1-4H3,(H2,17,18,19). The van der Waals surface area contributed by atoms with Gasteiger partial charge in [-0.3, -0.25) is 4.99 Å². The Labute approximate surface area is 121 Å². The van der Waals surface area contributed by atoms with E-state index in [1.807, 2.05) is 25.1 Å². The molecule has 0 fully saturated rings. The predicted molar refractivity (Wildman–Crippen MR) is 82.3 cm³/mol. The molecule has 1 rings (SSSR count). The first-order valence-corrected chi connectivity index (χ1v) is 6.93. The number of hydrogen-bond donors (Lipinski definition) is 2. The number of aliphatic imine (C=N–C) groups is 1. The number of rotatable bonds is 6. The minimum Gasteiger partial charge on any atom is -0.356 e. The van der Waals surface area contributed by atoms with Gasteiger partial charge in [-0.15, -0.1) is 0 Å². The molecule has 0 heterocycles. The highest BCUT2D eigenvalue weighted by Gasteiger charge is 2.05. The van der Waals surface area contributed by atoms with Crippen molar-refractivity contribution < 1.29 is 4.39 Å². The van der Waals surface area contributed by atoms with Crippen LogP contribution in [0.5, 0.6) is 0 Å². The summed E-state index contributed by atoms with van der Waals surface area (Å²) in [6.07, 6.45) is 1.05. The van der Waals surface area contributed by atoms with E-state index in [4.69, 9.17) is 0 Å². The topological polar surface area (TPSA) is 39.7 Å². The van der Waals surface area contributed by atoms with Gasteiger partial charge < -0.3 is 15.5 Å². The van der Waals surface area contributed by atoms with Crippen molar-refractivity contribution in [1.29, 1.82) is 0 Å². The van der Waals surface area contributed by atoms with Crippen LogP contribution in [0.3, 0.4) is 0 Å². The predicted octanol–water partition coefficient (Wildman–Crippen LogP) is 1.96. The first-order valence-electron chi connectivity index (χ1n) is 6.93. The number of nitrogens with one attached hydrogen (secondary N) is 2. The minimum atomic E-state index is -0.157. The highest BCUT2D eigenvalue weighted by atomic mass is 19.1. The SMILES string of the molecule is CCCNC(=NC)NCc1ccc(F)c(CN(C)C)c1. The molecule has 0 unspecified atom stereocenters. The van der Waals surface area contributed by atoms with Crippen molar-refractivity contribution in [2.45, 2.75) is 26.4 Å². The average molecular weight is 280 g/mol. The van der Waals surface area contributed by atoms with Gasteiger partial charge in [0.1, 0.15) is 5.82 Å². The van der Waals surface area contributed by atoms with Crippen LogP contribution in [0.1, 0.15) is 24.5 Å². The normalized spacial score (nSPS) is 11.8. The highest BCUT2D eigenvalue weighted by molar-refractivity contribution is 5.79. The van der Waals surface area contributed by atoms with Crippen molar-refractivity contribution >= 4 is 5.96 Å². The zero-order valence-corrected chi connectivity index (χ0v) is 12.8. The van der Waals surface area contributed by atoms with E-state index in [9.17, 15) is 4.39 Å². The number of benzene rings is 1. The van der Waals surface area contributed by atoms with Gasteiger partial charge in [-0.05, 0) is 38.2 Å². The van der Waals surface area contributed by atoms with Gasteiger partial charge in [-0.1, -0.05) is 13.0 Å². The zero-order valence-electron chi connectivity index (χ0n) is 12.8. The van der Waals surface area contributed by atoms with Gasteiger partial charge in [-0.2, -0.15) is 0 Å². The molecule has 0 aliphatic carbocycles.